The molecule has 2 aromatic rings. The van der Waals surface area contributed by atoms with E-state index in [9.17, 15) is 9.59 Å². The lowest BCUT2D eigenvalue weighted by atomic mass is 10.2. The number of ether oxygens (including phenoxy) is 1. The maximum absolute atomic E-state index is 12.4. The van der Waals surface area contributed by atoms with Crippen LogP contribution in [0.1, 0.15) is 30.1 Å². The molecule has 0 spiro atoms. The van der Waals surface area contributed by atoms with E-state index in [1.165, 1.54) is 0 Å². The maximum atomic E-state index is 12.4. The van der Waals surface area contributed by atoms with Gasteiger partial charge in [-0.2, -0.15) is 5.10 Å². The van der Waals surface area contributed by atoms with Crippen molar-refractivity contribution in [3.8, 4) is 0 Å². The topological polar surface area (TPSA) is 97.3 Å². The minimum absolute atomic E-state index is 0.198. The molecule has 0 radical (unpaired) electrons. The first-order valence-electron chi connectivity index (χ1n) is 9.09. The van der Waals surface area contributed by atoms with E-state index >= 15 is 0 Å². The van der Waals surface area contributed by atoms with Gasteiger partial charge in [-0.15, -0.1) is 0 Å². The molecule has 144 valence electrons. The summed E-state index contributed by atoms with van der Waals surface area (Å²) >= 11 is 0. The predicted octanol–water partition coefficient (Wildman–Crippen LogP) is 1.86. The summed E-state index contributed by atoms with van der Waals surface area (Å²) in [7, 11) is 1.57. The Labute approximate surface area is 158 Å². The largest absolute Gasteiger partial charge is 0.376 e. The molecule has 8 nitrogen and oxygen atoms in total. The number of rotatable bonds is 7. The molecule has 1 aromatic heterocycles. The molecule has 1 aliphatic heterocycles. The van der Waals surface area contributed by atoms with Crippen LogP contribution in [-0.2, 0) is 16.1 Å². The van der Waals surface area contributed by atoms with Crippen molar-refractivity contribution >= 4 is 23.2 Å². The molecule has 2 heterocycles. The van der Waals surface area contributed by atoms with Crippen LogP contribution in [0.4, 0.5) is 11.4 Å². The summed E-state index contributed by atoms with van der Waals surface area (Å²) in [5, 5.41) is 12.8. The molecule has 1 aromatic carbocycles. The second kappa shape index (κ2) is 8.68. The maximum Gasteiger partial charge on any atom is 0.251 e. The van der Waals surface area contributed by atoms with Gasteiger partial charge in [-0.05, 0) is 38.0 Å². The minimum atomic E-state index is -0.464. The van der Waals surface area contributed by atoms with Gasteiger partial charge >= 0.3 is 0 Å². The van der Waals surface area contributed by atoms with Crippen LogP contribution >= 0.6 is 0 Å². The van der Waals surface area contributed by atoms with Crippen LogP contribution in [0, 0.1) is 0 Å². The Kier molecular flexibility index (Phi) is 6.08. The van der Waals surface area contributed by atoms with Crippen molar-refractivity contribution in [2.75, 3.05) is 24.3 Å². The molecule has 2 atom stereocenters. The first-order valence-corrected chi connectivity index (χ1v) is 9.09. The number of hydrogen-bond acceptors (Lipinski definition) is 5. The molecule has 0 aliphatic carbocycles. The van der Waals surface area contributed by atoms with Gasteiger partial charge in [0.25, 0.3) is 5.91 Å². The average molecular weight is 371 g/mol. The highest BCUT2D eigenvalue weighted by Gasteiger charge is 2.18. The second-order valence-electron chi connectivity index (χ2n) is 6.60. The van der Waals surface area contributed by atoms with Gasteiger partial charge in [0, 0.05) is 31.1 Å². The molecule has 2 unspecified atom stereocenters. The van der Waals surface area contributed by atoms with E-state index in [1.807, 2.05) is 10.9 Å². The van der Waals surface area contributed by atoms with Gasteiger partial charge in [-0.25, -0.2) is 0 Å². The van der Waals surface area contributed by atoms with E-state index in [1.54, 1.807) is 44.4 Å². The van der Waals surface area contributed by atoms with Crippen molar-refractivity contribution in [1.82, 2.24) is 15.1 Å². The molecule has 0 saturated carbocycles. The Balaban J connectivity index is 1.54. The van der Waals surface area contributed by atoms with Crippen molar-refractivity contribution in [2.45, 2.75) is 38.5 Å². The van der Waals surface area contributed by atoms with Gasteiger partial charge in [0.15, 0.2) is 0 Å². The standard InChI is InChI=1S/C19H25N5O3/c1-13(18(25)23-15-6-3-5-14(9-15)19(26)20-2)22-16-10-21-24(11-16)12-17-7-4-8-27-17/h3,5-6,9-11,13,17,22H,4,7-8,12H2,1-2H3,(H,20,26)(H,23,25). The van der Waals surface area contributed by atoms with Crippen LogP contribution in [0.25, 0.3) is 0 Å². The second-order valence-corrected chi connectivity index (χ2v) is 6.60. The van der Waals surface area contributed by atoms with Crippen molar-refractivity contribution < 1.29 is 14.3 Å². The Bertz CT molecular complexity index is 798. The summed E-state index contributed by atoms with van der Waals surface area (Å²) < 4.78 is 7.44. The summed E-state index contributed by atoms with van der Waals surface area (Å²) in [5.74, 6) is -0.396. The molecule has 27 heavy (non-hydrogen) atoms. The molecular weight excluding hydrogens is 346 g/mol. The summed E-state index contributed by atoms with van der Waals surface area (Å²) in [4.78, 5) is 24.1. The van der Waals surface area contributed by atoms with Gasteiger partial charge in [0.2, 0.25) is 5.91 Å². The van der Waals surface area contributed by atoms with Crippen LogP contribution < -0.4 is 16.0 Å². The smallest absolute Gasteiger partial charge is 0.251 e. The third-order valence-corrected chi connectivity index (χ3v) is 4.44. The summed E-state index contributed by atoms with van der Waals surface area (Å²) in [5.41, 5.74) is 1.84. The highest BCUT2D eigenvalue weighted by Crippen LogP contribution is 2.16. The first-order chi connectivity index (χ1) is 13.0. The number of nitrogens with zero attached hydrogens (tertiary/aromatic N) is 2. The third kappa shape index (κ3) is 5.07. The molecule has 3 N–H and O–H groups in total. The average Bonchev–Trinajstić information content (AvgIpc) is 3.33. The number of carbonyl (C=O) groups excluding carboxylic acids is 2. The lowest BCUT2D eigenvalue weighted by molar-refractivity contribution is -0.116. The minimum Gasteiger partial charge on any atom is -0.376 e. The highest BCUT2D eigenvalue weighted by molar-refractivity contribution is 5.99. The van der Waals surface area contributed by atoms with Crippen LogP contribution in [0.15, 0.2) is 36.7 Å². The number of benzene rings is 1. The van der Waals surface area contributed by atoms with E-state index in [2.05, 4.69) is 21.0 Å². The Morgan fingerprint density at radius 3 is 2.96 bits per heavy atom. The lowest BCUT2D eigenvalue weighted by Gasteiger charge is -2.14. The molecule has 8 heteroatoms. The summed E-state index contributed by atoms with van der Waals surface area (Å²) in [6.45, 7) is 3.30. The molecule has 2 amide bonds. The monoisotopic (exact) mass is 371 g/mol. The number of carbonyl (C=O) groups is 2. The van der Waals surface area contributed by atoms with Crippen LogP contribution in [0.5, 0.6) is 0 Å². The van der Waals surface area contributed by atoms with Crippen molar-refractivity contribution in [3.63, 3.8) is 0 Å². The van der Waals surface area contributed by atoms with Gasteiger partial charge in [-0.3, -0.25) is 14.3 Å². The molecule has 1 aliphatic rings. The fraction of sp³-hybridized carbons (Fsp3) is 0.421. The van der Waals surface area contributed by atoms with E-state index in [0.717, 1.165) is 25.1 Å². The molecule has 0 bridgehead atoms. The van der Waals surface area contributed by atoms with Gasteiger partial charge in [-0.1, -0.05) is 6.07 Å². The zero-order valence-corrected chi connectivity index (χ0v) is 15.6. The van der Waals surface area contributed by atoms with E-state index < -0.39 is 6.04 Å². The number of anilines is 2. The molecule has 3 rings (SSSR count). The number of hydrogen-bond donors (Lipinski definition) is 3. The Hall–Kier alpha value is -2.87. The third-order valence-electron chi connectivity index (χ3n) is 4.44. The van der Waals surface area contributed by atoms with Crippen LogP contribution in [0.3, 0.4) is 0 Å². The van der Waals surface area contributed by atoms with E-state index in [-0.39, 0.29) is 17.9 Å². The van der Waals surface area contributed by atoms with E-state index in [4.69, 9.17) is 4.74 Å². The SMILES string of the molecule is CNC(=O)c1cccc(NC(=O)C(C)Nc2cnn(CC3CCCO3)c2)c1. The quantitative estimate of drug-likeness (QED) is 0.690. The van der Waals surface area contributed by atoms with Gasteiger partial charge in [0.1, 0.15) is 6.04 Å². The zero-order chi connectivity index (χ0) is 19.2. The van der Waals surface area contributed by atoms with Crippen molar-refractivity contribution in [1.29, 1.82) is 0 Å². The number of amides is 2. The first kappa shape index (κ1) is 18.9. The van der Waals surface area contributed by atoms with Crippen molar-refractivity contribution in [3.05, 3.63) is 42.2 Å². The Morgan fingerprint density at radius 1 is 1.37 bits per heavy atom. The van der Waals surface area contributed by atoms with E-state index in [0.29, 0.717) is 17.8 Å². The van der Waals surface area contributed by atoms with Crippen LogP contribution in [0.2, 0.25) is 0 Å². The van der Waals surface area contributed by atoms with Crippen molar-refractivity contribution in [2.24, 2.45) is 0 Å². The fourth-order valence-electron chi connectivity index (χ4n) is 2.98. The molecular formula is C19H25N5O3. The normalized spacial score (nSPS) is 17.3. The Morgan fingerprint density at radius 2 is 2.22 bits per heavy atom. The predicted molar refractivity (Wildman–Crippen MR) is 103 cm³/mol. The highest BCUT2D eigenvalue weighted by atomic mass is 16.5. The number of aromatic nitrogens is 2. The summed E-state index contributed by atoms with van der Waals surface area (Å²) in [6, 6.07) is 6.35. The molecule has 1 saturated heterocycles. The summed E-state index contributed by atoms with van der Waals surface area (Å²) in [6.07, 6.45) is 5.93. The lowest BCUT2D eigenvalue weighted by Crippen LogP contribution is -2.31. The number of nitrogens with one attached hydrogen (secondary N) is 3. The van der Waals surface area contributed by atoms with Gasteiger partial charge < -0.3 is 20.7 Å². The molecule has 1 fully saturated rings. The zero-order valence-electron chi connectivity index (χ0n) is 15.6. The van der Waals surface area contributed by atoms with Crippen LogP contribution in [-0.4, -0.2) is 47.4 Å². The fourth-order valence-corrected chi connectivity index (χ4v) is 2.98. The van der Waals surface area contributed by atoms with Gasteiger partial charge in [0.05, 0.1) is 24.5 Å².